The van der Waals surface area contributed by atoms with Crippen LogP contribution in [-0.2, 0) is 4.79 Å². The van der Waals surface area contributed by atoms with Crippen molar-refractivity contribution in [2.75, 3.05) is 43.4 Å². The lowest BCUT2D eigenvalue weighted by Crippen LogP contribution is -2.36. The Morgan fingerprint density at radius 1 is 1.00 bits per heavy atom. The maximum Gasteiger partial charge on any atom is 0.229 e. The standard InChI is InChI=1S/C24H28N6O/c1-29-10-6-17(7-11-29)23(31)28-24-26-15-19-5-4-18(13-22(19)27-24)20-12-21(16-25-14-20)30-8-2-3-9-30/h4-5,12-17H,2-3,6-11H2,1H3,(H,26,27,28,31). The highest BCUT2D eigenvalue weighted by Crippen LogP contribution is 2.28. The minimum atomic E-state index is 0.0196. The summed E-state index contributed by atoms with van der Waals surface area (Å²) < 4.78 is 0. The molecule has 0 saturated carbocycles. The number of amides is 1. The Bertz CT molecular complexity index is 1090. The number of hydrogen-bond donors (Lipinski definition) is 1. The lowest BCUT2D eigenvalue weighted by atomic mass is 9.96. The number of likely N-dealkylation sites (tertiary alicyclic amines) is 1. The average Bonchev–Trinajstić information content (AvgIpc) is 3.34. The zero-order valence-corrected chi connectivity index (χ0v) is 17.9. The molecule has 2 aliphatic rings. The quantitative estimate of drug-likeness (QED) is 0.701. The number of rotatable bonds is 4. The molecule has 1 amide bonds. The topological polar surface area (TPSA) is 74.2 Å². The van der Waals surface area contributed by atoms with Crippen LogP contribution in [0.1, 0.15) is 25.7 Å². The van der Waals surface area contributed by atoms with Crippen molar-refractivity contribution in [1.29, 1.82) is 0 Å². The maximum absolute atomic E-state index is 12.6. The number of pyridine rings is 1. The van der Waals surface area contributed by atoms with Crippen molar-refractivity contribution in [2.24, 2.45) is 5.92 Å². The second-order valence-corrected chi connectivity index (χ2v) is 8.66. The van der Waals surface area contributed by atoms with Crippen LogP contribution < -0.4 is 10.2 Å². The van der Waals surface area contributed by atoms with Gasteiger partial charge in [-0.25, -0.2) is 9.97 Å². The number of benzene rings is 1. The molecule has 0 unspecified atom stereocenters. The molecule has 0 radical (unpaired) electrons. The molecule has 0 atom stereocenters. The summed E-state index contributed by atoms with van der Waals surface area (Å²) in [4.78, 5) is 30.7. The molecule has 1 N–H and O–H groups in total. The van der Waals surface area contributed by atoms with Gasteiger partial charge >= 0.3 is 0 Å². The smallest absolute Gasteiger partial charge is 0.229 e. The van der Waals surface area contributed by atoms with Crippen molar-refractivity contribution < 1.29 is 4.79 Å². The minimum Gasteiger partial charge on any atom is -0.370 e. The Morgan fingerprint density at radius 3 is 2.61 bits per heavy atom. The highest BCUT2D eigenvalue weighted by Gasteiger charge is 2.24. The van der Waals surface area contributed by atoms with E-state index in [2.05, 4.69) is 49.2 Å². The first-order chi connectivity index (χ1) is 15.2. The van der Waals surface area contributed by atoms with Gasteiger partial charge in [0, 0.05) is 42.4 Å². The van der Waals surface area contributed by atoms with Crippen LogP contribution in [0.4, 0.5) is 11.6 Å². The number of carbonyl (C=O) groups excluding carboxylic acids is 1. The SMILES string of the molecule is CN1CCC(C(=O)Nc2ncc3ccc(-c4cncc(N5CCCC5)c4)cc3n2)CC1. The first-order valence-electron chi connectivity index (χ1n) is 11.1. The fraction of sp³-hybridized carbons (Fsp3) is 0.417. The predicted octanol–water partition coefficient (Wildman–Crippen LogP) is 3.57. The zero-order valence-electron chi connectivity index (χ0n) is 17.9. The fourth-order valence-corrected chi connectivity index (χ4v) is 4.48. The molecule has 2 aliphatic heterocycles. The van der Waals surface area contributed by atoms with Crippen LogP contribution >= 0.6 is 0 Å². The van der Waals surface area contributed by atoms with Crippen molar-refractivity contribution in [3.05, 3.63) is 42.9 Å². The third-order valence-electron chi connectivity index (χ3n) is 6.44. The van der Waals surface area contributed by atoms with E-state index in [-0.39, 0.29) is 11.8 Å². The van der Waals surface area contributed by atoms with Gasteiger partial charge in [-0.15, -0.1) is 0 Å². The number of carbonyl (C=O) groups is 1. The molecule has 1 aromatic carbocycles. The van der Waals surface area contributed by atoms with Crippen LogP contribution in [0.3, 0.4) is 0 Å². The van der Waals surface area contributed by atoms with E-state index < -0.39 is 0 Å². The van der Waals surface area contributed by atoms with Crippen LogP contribution in [0, 0.1) is 5.92 Å². The Balaban J connectivity index is 1.37. The van der Waals surface area contributed by atoms with Gasteiger partial charge in [0.2, 0.25) is 11.9 Å². The first kappa shape index (κ1) is 19.9. The summed E-state index contributed by atoms with van der Waals surface area (Å²) in [6.45, 7) is 4.09. The molecule has 2 aromatic heterocycles. The molecule has 4 heterocycles. The summed E-state index contributed by atoms with van der Waals surface area (Å²) in [5.74, 6) is 0.421. The average molecular weight is 417 g/mol. The summed E-state index contributed by atoms with van der Waals surface area (Å²) >= 11 is 0. The molecule has 7 heteroatoms. The number of nitrogens with zero attached hydrogens (tertiary/aromatic N) is 5. The Kier molecular flexibility index (Phi) is 5.51. The van der Waals surface area contributed by atoms with Crippen molar-refractivity contribution in [3.8, 4) is 11.1 Å². The second kappa shape index (κ2) is 8.59. The minimum absolute atomic E-state index is 0.0196. The lowest BCUT2D eigenvalue weighted by Gasteiger charge is -2.27. The fourth-order valence-electron chi connectivity index (χ4n) is 4.48. The van der Waals surface area contributed by atoms with Crippen molar-refractivity contribution in [2.45, 2.75) is 25.7 Å². The van der Waals surface area contributed by atoms with Crippen molar-refractivity contribution in [3.63, 3.8) is 0 Å². The summed E-state index contributed by atoms with van der Waals surface area (Å²) in [6, 6.07) is 8.35. The molecule has 2 fully saturated rings. The summed E-state index contributed by atoms with van der Waals surface area (Å²) in [7, 11) is 2.09. The van der Waals surface area contributed by atoms with Crippen LogP contribution in [0.5, 0.6) is 0 Å². The first-order valence-corrected chi connectivity index (χ1v) is 11.1. The molecule has 2 saturated heterocycles. The molecular formula is C24H28N6O. The maximum atomic E-state index is 12.6. The summed E-state index contributed by atoms with van der Waals surface area (Å²) in [5, 5.41) is 3.87. The Hall–Kier alpha value is -3.06. The number of hydrogen-bond acceptors (Lipinski definition) is 6. The number of aromatic nitrogens is 3. The van der Waals surface area contributed by atoms with Crippen LogP contribution in [-0.4, -0.2) is 59.0 Å². The third-order valence-corrected chi connectivity index (χ3v) is 6.44. The van der Waals surface area contributed by atoms with E-state index in [0.29, 0.717) is 5.95 Å². The highest BCUT2D eigenvalue weighted by molar-refractivity contribution is 5.92. The molecule has 7 nitrogen and oxygen atoms in total. The van der Waals surface area contributed by atoms with Crippen molar-refractivity contribution >= 4 is 28.4 Å². The molecule has 3 aromatic rings. The van der Waals surface area contributed by atoms with Gasteiger partial charge < -0.3 is 9.80 Å². The monoisotopic (exact) mass is 416 g/mol. The third kappa shape index (κ3) is 4.37. The molecule has 5 rings (SSSR count). The van der Waals surface area contributed by atoms with Gasteiger partial charge in [-0.2, -0.15) is 0 Å². The van der Waals surface area contributed by atoms with Gasteiger partial charge in [0.25, 0.3) is 0 Å². The number of nitrogens with one attached hydrogen (secondary N) is 1. The van der Waals surface area contributed by atoms with Crippen LogP contribution in [0.15, 0.2) is 42.9 Å². The van der Waals surface area contributed by atoms with Gasteiger partial charge in [0.1, 0.15) is 0 Å². The van der Waals surface area contributed by atoms with Gasteiger partial charge in [-0.05, 0) is 63.5 Å². The number of piperidine rings is 1. The number of fused-ring (bicyclic) bond motifs is 1. The Morgan fingerprint density at radius 2 is 1.81 bits per heavy atom. The van der Waals surface area contributed by atoms with Gasteiger partial charge in [-0.3, -0.25) is 15.1 Å². The highest BCUT2D eigenvalue weighted by atomic mass is 16.2. The van der Waals surface area contributed by atoms with Crippen LogP contribution in [0.2, 0.25) is 0 Å². The normalized spacial score (nSPS) is 17.9. The van der Waals surface area contributed by atoms with Crippen molar-refractivity contribution in [1.82, 2.24) is 19.9 Å². The van der Waals surface area contributed by atoms with Gasteiger partial charge in [0.15, 0.2) is 0 Å². The van der Waals surface area contributed by atoms with E-state index in [0.717, 1.165) is 61.1 Å². The largest absolute Gasteiger partial charge is 0.370 e. The van der Waals surface area contributed by atoms with E-state index >= 15 is 0 Å². The summed E-state index contributed by atoms with van der Waals surface area (Å²) in [5.41, 5.74) is 4.12. The van der Waals surface area contributed by atoms with E-state index in [1.807, 2.05) is 24.5 Å². The summed E-state index contributed by atoms with van der Waals surface area (Å²) in [6.07, 6.45) is 9.84. The molecular weight excluding hydrogens is 388 g/mol. The second-order valence-electron chi connectivity index (χ2n) is 8.66. The van der Waals surface area contributed by atoms with E-state index in [1.165, 1.54) is 18.5 Å². The molecule has 0 aliphatic carbocycles. The van der Waals surface area contributed by atoms with E-state index in [9.17, 15) is 4.79 Å². The van der Waals surface area contributed by atoms with E-state index in [1.54, 1.807) is 6.20 Å². The number of anilines is 2. The van der Waals surface area contributed by atoms with Crippen LogP contribution in [0.25, 0.3) is 22.0 Å². The predicted molar refractivity (Wildman–Crippen MR) is 123 cm³/mol. The molecule has 160 valence electrons. The Labute approximate surface area is 182 Å². The van der Waals surface area contributed by atoms with Gasteiger partial charge in [0.05, 0.1) is 17.4 Å². The molecule has 31 heavy (non-hydrogen) atoms. The van der Waals surface area contributed by atoms with Gasteiger partial charge in [-0.1, -0.05) is 12.1 Å². The molecule has 0 bridgehead atoms. The zero-order chi connectivity index (χ0) is 21.2. The lowest BCUT2D eigenvalue weighted by molar-refractivity contribution is -0.121. The molecule has 0 spiro atoms. The van der Waals surface area contributed by atoms with E-state index in [4.69, 9.17) is 0 Å².